The van der Waals surface area contributed by atoms with E-state index < -0.39 is 17.9 Å². The Morgan fingerprint density at radius 1 is 0.944 bits per heavy atom. The van der Waals surface area contributed by atoms with Crippen molar-refractivity contribution in [3.8, 4) is 5.75 Å². The summed E-state index contributed by atoms with van der Waals surface area (Å²) in [6.07, 6.45) is 0.635. The number of esters is 1. The molecule has 1 amide bonds. The second kappa shape index (κ2) is 10.2. The van der Waals surface area contributed by atoms with Gasteiger partial charge in [0.1, 0.15) is 5.75 Å². The first-order chi connectivity index (χ1) is 17.6. The number of anilines is 1. The van der Waals surface area contributed by atoms with Crippen LogP contribution in [-0.4, -0.2) is 41.2 Å². The van der Waals surface area contributed by atoms with Crippen LogP contribution in [0.15, 0.2) is 78.9 Å². The molecule has 5 rings (SSSR count). The van der Waals surface area contributed by atoms with Crippen molar-refractivity contribution in [2.75, 3.05) is 24.7 Å². The van der Waals surface area contributed by atoms with Crippen molar-refractivity contribution < 1.29 is 19.1 Å². The Morgan fingerprint density at radius 2 is 1.72 bits per heavy atom. The van der Waals surface area contributed by atoms with Gasteiger partial charge in [-0.15, -0.1) is 0 Å². The Kier molecular flexibility index (Phi) is 6.71. The van der Waals surface area contributed by atoms with Crippen molar-refractivity contribution >= 4 is 28.9 Å². The molecule has 3 aromatic carbocycles. The van der Waals surface area contributed by atoms with Crippen LogP contribution in [0, 0.1) is 5.92 Å². The van der Waals surface area contributed by atoms with Gasteiger partial charge in [0.15, 0.2) is 5.92 Å². The van der Waals surface area contributed by atoms with Gasteiger partial charge in [0, 0.05) is 6.54 Å². The third-order valence-corrected chi connectivity index (χ3v) is 6.46. The molecule has 1 aromatic heterocycles. The molecule has 0 radical (unpaired) electrons. The predicted molar refractivity (Wildman–Crippen MR) is 138 cm³/mol. The number of rotatable bonds is 8. The summed E-state index contributed by atoms with van der Waals surface area (Å²) in [6, 6.07) is 24.7. The quantitative estimate of drug-likeness (QED) is 0.266. The molecule has 2 heterocycles. The first-order valence-electron chi connectivity index (χ1n) is 12.3. The zero-order chi connectivity index (χ0) is 25.1. The molecular formula is C29H29N3O4. The van der Waals surface area contributed by atoms with E-state index >= 15 is 0 Å². The molecule has 1 aliphatic rings. The number of hydrogen-bond donors (Lipinski definition) is 0. The summed E-state index contributed by atoms with van der Waals surface area (Å²) in [7, 11) is 0. The minimum Gasteiger partial charge on any atom is -0.494 e. The summed E-state index contributed by atoms with van der Waals surface area (Å²) in [6.45, 7) is 4.77. The lowest BCUT2D eigenvalue weighted by molar-refractivity contribution is -0.153. The number of carbonyl (C=O) groups is 2. The zero-order valence-electron chi connectivity index (χ0n) is 20.5. The summed E-state index contributed by atoms with van der Waals surface area (Å²) in [4.78, 5) is 33.9. The van der Waals surface area contributed by atoms with Gasteiger partial charge in [-0.05, 0) is 55.7 Å². The third kappa shape index (κ3) is 4.33. The normalized spacial score (nSPS) is 17.2. The number of amides is 1. The van der Waals surface area contributed by atoms with Crippen molar-refractivity contribution in [1.29, 1.82) is 0 Å². The highest BCUT2D eigenvalue weighted by Gasteiger charge is 2.47. The monoisotopic (exact) mass is 483 g/mol. The Bertz CT molecular complexity index is 1380. The van der Waals surface area contributed by atoms with Crippen LogP contribution in [0.3, 0.4) is 0 Å². The number of fused-ring (bicyclic) bond motifs is 3. The standard InChI is InChI=1S/C29H29N3O4/c1-3-35-22-14-10-13-21(19-22)26-25(28(34)36-4-2)27(33)31(18-17-20-11-6-5-7-12-20)29-30-23-15-8-9-16-24(23)32(26)29/h5-16,19,25-26H,3-4,17-18H2,1-2H3/t25-,26-/m1/s1. The van der Waals surface area contributed by atoms with E-state index in [1.165, 1.54) is 0 Å². The second-order valence-electron chi connectivity index (χ2n) is 8.68. The molecular weight excluding hydrogens is 454 g/mol. The zero-order valence-corrected chi connectivity index (χ0v) is 20.5. The minimum atomic E-state index is -1.05. The summed E-state index contributed by atoms with van der Waals surface area (Å²) >= 11 is 0. The van der Waals surface area contributed by atoms with Gasteiger partial charge in [-0.1, -0.05) is 54.6 Å². The Morgan fingerprint density at radius 3 is 2.50 bits per heavy atom. The van der Waals surface area contributed by atoms with E-state index in [4.69, 9.17) is 14.5 Å². The van der Waals surface area contributed by atoms with Crippen molar-refractivity contribution in [2.24, 2.45) is 5.92 Å². The largest absolute Gasteiger partial charge is 0.494 e. The number of benzene rings is 3. The van der Waals surface area contributed by atoms with Gasteiger partial charge < -0.3 is 14.0 Å². The van der Waals surface area contributed by atoms with Gasteiger partial charge in [-0.2, -0.15) is 0 Å². The predicted octanol–water partition coefficient (Wildman–Crippen LogP) is 4.79. The van der Waals surface area contributed by atoms with Crippen LogP contribution in [0.1, 0.15) is 31.0 Å². The molecule has 7 heteroatoms. The molecule has 0 saturated heterocycles. The highest BCUT2D eigenvalue weighted by molar-refractivity contribution is 6.08. The van der Waals surface area contributed by atoms with Crippen LogP contribution < -0.4 is 9.64 Å². The average molecular weight is 484 g/mol. The number of nitrogens with zero attached hydrogens (tertiary/aromatic N) is 3. The molecule has 184 valence electrons. The second-order valence-corrected chi connectivity index (χ2v) is 8.68. The number of imidazole rings is 1. The summed E-state index contributed by atoms with van der Waals surface area (Å²) in [5.74, 6) is -0.684. The molecule has 4 aromatic rings. The van der Waals surface area contributed by atoms with Gasteiger partial charge in [-0.3, -0.25) is 14.5 Å². The average Bonchev–Trinajstić information content (AvgIpc) is 3.28. The van der Waals surface area contributed by atoms with E-state index in [0.29, 0.717) is 31.3 Å². The summed E-state index contributed by atoms with van der Waals surface area (Å²) < 4.78 is 13.2. The fourth-order valence-electron chi connectivity index (χ4n) is 4.90. The van der Waals surface area contributed by atoms with E-state index in [2.05, 4.69) is 0 Å². The Labute approximate surface area is 210 Å². The number of hydrogen-bond acceptors (Lipinski definition) is 5. The molecule has 0 unspecified atom stereocenters. The van der Waals surface area contributed by atoms with Crippen LogP contribution in [0.25, 0.3) is 11.0 Å². The molecule has 0 spiro atoms. The fraction of sp³-hybridized carbons (Fsp3) is 0.276. The molecule has 36 heavy (non-hydrogen) atoms. The van der Waals surface area contributed by atoms with Gasteiger partial charge in [0.2, 0.25) is 11.9 Å². The maximum atomic E-state index is 14.0. The molecule has 0 fully saturated rings. The lowest BCUT2D eigenvalue weighted by atomic mass is 9.89. The van der Waals surface area contributed by atoms with Crippen molar-refractivity contribution in [2.45, 2.75) is 26.3 Å². The lowest BCUT2D eigenvalue weighted by Gasteiger charge is -2.38. The van der Waals surface area contributed by atoms with Crippen LogP contribution in [0.2, 0.25) is 0 Å². The van der Waals surface area contributed by atoms with E-state index in [1.807, 2.05) is 90.4 Å². The molecule has 7 nitrogen and oxygen atoms in total. The van der Waals surface area contributed by atoms with Crippen molar-refractivity contribution in [3.05, 3.63) is 90.0 Å². The summed E-state index contributed by atoms with van der Waals surface area (Å²) in [5, 5.41) is 0. The van der Waals surface area contributed by atoms with Crippen LogP contribution >= 0.6 is 0 Å². The highest BCUT2D eigenvalue weighted by Crippen LogP contribution is 2.42. The highest BCUT2D eigenvalue weighted by atomic mass is 16.5. The van der Waals surface area contributed by atoms with Crippen LogP contribution in [-0.2, 0) is 20.7 Å². The molecule has 1 aliphatic heterocycles. The van der Waals surface area contributed by atoms with Gasteiger partial charge in [0.05, 0.1) is 30.3 Å². The van der Waals surface area contributed by atoms with E-state index in [1.54, 1.807) is 11.8 Å². The maximum absolute atomic E-state index is 14.0. The lowest BCUT2D eigenvalue weighted by Crippen LogP contribution is -2.50. The molecule has 0 N–H and O–H groups in total. The van der Waals surface area contributed by atoms with E-state index in [0.717, 1.165) is 22.2 Å². The SMILES string of the molecule is CCOC(=O)[C@H]1C(=O)N(CCc2ccccc2)c2nc3ccccc3n2[C@@H]1c1cccc(OCC)c1. The van der Waals surface area contributed by atoms with E-state index in [9.17, 15) is 9.59 Å². The van der Waals surface area contributed by atoms with E-state index in [-0.39, 0.29) is 12.5 Å². The molecule has 0 aliphatic carbocycles. The molecule has 2 atom stereocenters. The number of ether oxygens (including phenoxy) is 2. The molecule has 0 saturated carbocycles. The number of carbonyl (C=O) groups excluding carboxylic acids is 2. The third-order valence-electron chi connectivity index (χ3n) is 6.46. The topological polar surface area (TPSA) is 73.7 Å². The fourth-order valence-corrected chi connectivity index (χ4v) is 4.90. The molecule has 0 bridgehead atoms. The summed E-state index contributed by atoms with van der Waals surface area (Å²) in [5.41, 5.74) is 3.51. The van der Waals surface area contributed by atoms with Gasteiger partial charge in [-0.25, -0.2) is 4.98 Å². The maximum Gasteiger partial charge on any atom is 0.321 e. The first kappa shape index (κ1) is 23.6. The Balaban J connectivity index is 1.67. The van der Waals surface area contributed by atoms with Gasteiger partial charge >= 0.3 is 5.97 Å². The van der Waals surface area contributed by atoms with Crippen LogP contribution in [0.4, 0.5) is 5.95 Å². The Hall–Kier alpha value is -4.13. The minimum absolute atomic E-state index is 0.190. The van der Waals surface area contributed by atoms with Crippen molar-refractivity contribution in [1.82, 2.24) is 9.55 Å². The first-order valence-corrected chi connectivity index (χ1v) is 12.3. The smallest absolute Gasteiger partial charge is 0.321 e. The number of aromatic nitrogens is 2. The van der Waals surface area contributed by atoms with Crippen molar-refractivity contribution in [3.63, 3.8) is 0 Å². The van der Waals surface area contributed by atoms with Gasteiger partial charge in [0.25, 0.3) is 0 Å². The number of para-hydroxylation sites is 2. The van der Waals surface area contributed by atoms with Crippen LogP contribution in [0.5, 0.6) is 5.75 Å².